The van der Waals surface area contributed by atoms with Crippen LogP contribution < -0.4 is 5.32 Å². The fourth-order valence-electron chi connectivity index (χ4n) is 0.991. The molecule has 0 radical (unpaired) electrons. The van der Waals surface area contributed by atoms with Crippen LogP contribution in [0.1, 0.15) is 12.5 Å². The van der Waals surface area contributed by atoms with Crippen molar-refractivity contribution in [3.05, 3.63) is 33.8 Å². The van der Waals surface area contributed by atoms with Gasteiger partial charge in [0.2, 0.25) is 0 Å². The monoisotopic (exact) mass is 249 g/mol. The molecule has 0 aliphatic rings. The second-order valence-corrected chi connectivity index (χ2v) is 3.54. The molecule has 0 atom stereocenters. The Morgan fingerprint density at radius 2 is 1.85 bits per heavy atom. The van der Waals surface area contributed by atoms with Gasteiger partial charge in [0.25, 0.3) is 0 Å². The van der Waals surface area contributed by atoms with Crippen LogP contribution in [0.25, 0.3) is 0 Å². The van der Waals surface area contributed by atoms with Gasteiger partial charge in [0.1, 0.15) is 11.6 Å². The predicted molar refractivity (Wildman–Crippen MR) is 51.4 cm³/mol. The zero-order valence-electron chi connectivity index (χ0n) is 7.20. The summed E-state index contributed by atoms with van der Waals surface area (Å²) in [5.74, 6) is -1.04. The summed E-state index contributed by atoms with van der Waals surface area (Å²) in [7, 11) is 0. The molecule has 0 aliphatic heterocycles. The van der Waals surface area contributed by atoms with E-state index in [-0.39, 0.29) is 12.1 Å². The molecule has 0 bridgehead atoms. The molecule has 1 aromatic carbocycles. The molecule has 0 saturated carbocycles. The minimum absolute atomic E-state index is 0.0880. The number of hydrogen-bond donors (Lipinski definition) is 1. The topological polar surface area (TPSA) is 12.0 Å². The highest BCUT2D eigenvalue weighted by atomic mass is 79.9. The number of hydrogen-bond acceptors (Lipinski definition) is 1. The van der Waals surface area contributed by atoms with Crippen LogP contribution in [0.2, 0.25) is 0 Å². The number of benzene rings is 1. The summed E-state index contributed by atoms with van der Waals surface area (Å²) < 4.78 is 26.7. The second kappa shape index (κ2) is 4.67. The SMILES string of the molecule is CCNCc1c(F)cc(Br)cc1F. The maximum Gasteiger partial charge on any atom is 0.131 e. The van der Waals surface area contributed by atoms with Crippen molar-refractivity contribution >= 4 is 15.9 Å². The zero-order valence-corrected chi connectivity index (χ0v) is 8.79. The minimum Gasteiger partial charge on any atom is -0.313 e. The van der Waals surface area contributed by atoms with E-state index in [1.54, 1.807) is 0 Å². The first-order chi connectivity index (χ1) is 6.15. The maximum atomic E-state index is 13.1. The molecule has 0 aromatic heterocycles. The normalized spacial score (nSPS) is 10.5. The summed E-state index contributed by atoms with van der Waals surface area (Å²) in [6.45, 7) is 2.80. The lowest BCUT2D eigenvalue weighted by Crippen LogP contribution is -2.14. The zero-order chi connectivity index (χ0) is 9.84. The first kappa shape index (κ1) is 10.6. The van der Waals surface area contributed by atoms with E-state index in [2.05, 4.69) is 21.2 Å². The van der Waals surface area contributed by atoms with Gasteiger partial charge in [-0.15, -0.1) is 0 Å². The highest BCUT2D eigenvalue weighted by molar-refractivity contribution is 9.10. The summed E-state index contributed by atoms with van der Waals surface area (Å²) in [6.07, 6.45) is 0. The summed E-state index contributed by atoms with van der Waals surface area (Å²) >= 11 is 3.01. The van der Waals surface area contributed by atoms with E-state index in [4.69, 9.17) is 0 Å². The Hall–Kier alpha value is -0.480. The Morgan fingerprint density at radius 1 is 1.31 bits per heavy atom. The summed E-state index contributed by atoms with van der Waals surface area (Å²) in [6, 6.07) is 2.52. The summed E-state index contributed by atoms with van der Waals surface area (Å²) in [5.41, 5.74) is 0.0880. The number of rotatable bonds is 3. The van der Waals surface area contributed by atoms with Crippen molar-refractivity contribution in [2.75, 3.05) is 6.54 Å². The van der Waals surface area contributed by atoms with Gasteiger partial charge in [0, 0.05) is 16.6 Å². The second-order valence-electron chi connectivity index (χ2n) is 2.63. The quantitative estimate of drug-likeness (QED) is 0.869. The van der Waals surface area contributed by atoms with Crippen molar-refractivity contribution in [1.29, 1.82) is 0 Å². The van der Waals surface area contributed by atoms with Gasteiger partial charge in [-0.05, 0) is 18.7 Å². The lowest BCUT2D eigenvalue weighted by molar-refractivity contribution is 0.538. The molecule has 13 heavy (non-hydrogen) atoms. The van der Waals surface area contributed by atoms with Gasteiger partial charge in [-0.1, -0.05) is 22.9 Å². The lowest BCUT2D eigenvalue weighted by atomic mass is 10.2. The van der Waals surface area contributed by atoms with E-state index in [1.807, 2.05) is 6.92 Å². The summed E-state index contributed by atoms with van der Waals surface area (Å²) in [4.78, 5) is 0. The third kappa shape index (κ3) is 2.74. The third-order valence-corrected chi connectivity index (χ3v) is 2.12. The third-order valence-electron chi connectivity index (χ3n) is 1.66. The van der Waals surface area contributed by atoms with Crippen LogP contribution >= 0.6 is 15.9 Å². The fourth-order valence-corrected chi connectivity index (χ4v) is 1.39. The molecule has 1 aromatic rings. The number of halogens is 3. The van der Waals surface area contributed by atoms with E-state index < -0.39 is 11.6 Å². The molecule has 0 spiro atoms. The predicted octanol–water partition coefficient (Wildman–Crippen LogP) is 2.84. The fraction of sp³-hybridized carbons (Fsp3) is 0.333. The van der Waals surface area contributed by atoms with Gasteiger partial charge in [-0.25, -0.2) is 8.78 Å². The molecule has 0 saturated heterocycles. The molecule has 0 amide bonds. The molecule has 0 unspecified atom stereocenters. The molecule has 0 aliphatic carbocycles. The Balaban J connectivity index is 2.92. The van der Waals surface area contributed by atoms with Crippen molar-refractivity contribution in [3.8, 4) is 0 Å². The average molecular weight is 250 g/mol. The lowest BCUT2D eigenvalue weighted by Gasteiger charge is -2.05. The summed E-state index contributed by atoms with van der Waals surface area (Å²) in [5, 5.41) is 2.87. The molecular formula is C9H10BrF2N. The molecule has 0 heterocycles. The average Bonchev–Trinajstić information content (AvgIpc) is 2.02. The van der Waals surface area contributed by atoms with Gasteiger partial charge in [-0.3, -0.25) is 0 Å². The largest absolute Gasteiger partial charge is 0.313 e. The highest BCUT2D eigenvalue weighted by Crippen LogP contribution is 2.19. The van der Waals surface area contributed by atoms with Crippen LogP contribution in [0.3, 0.4) is 0 Å². The Labute approximate surface area is 84.3 Å². The van der Waals surface area contributed by atoms with Crippen LogP contribution in [0.15, 0.2) is 16.6 Å². The van der Waals surface area contributed by atoms with Crippen molar-refractivity contribution in [2.24, 2.45) is 0 Å². The minimum atomic E-state index is -0.521. The molecule has 72 valence electrons. The number of nitrogens with one attached hydrogen (secondary N) is 1. The molecular weight excluding hydrogens is 240 g/mol. The van der Waals surface area contributed by atoms with E-state index >= 15 is 0 Å². The molecule has 1 rings (SSSR count). The van der Waals surface area contributed by atoms with E-state index in [0.29, 0.717) is 11.0 Å². The van der Waals surface area contributed by atoms with Gasteiger partial charge in [0.05, 0.1) is 0 Å². The Bertz CT molecular complexity index is 279. The molecule has 1 nitrogen and oxygen atoms in total. The molecule has 1 N–H and O–H groups in total. The van der Waals surface area contributed by atoms with Crippen LogP contribution in [0.5, 0.6) is 0 Å². The Morgan fingerprint density at radius 3 is 2.31 bits per heavy atom. The molecule has 4 heteroatoms. The van der Waals surface area contributed by atoms with Gasteiger partial charge in [0.15, 0.2) is 0 Å². The maximum absolute atomic E-state index is 13.1. The first-order valence-corrected chi connectivity index (χ1v) is 4.78. The highest BCUT2D eigenvalue weighted by Gasteiger charge is 2.09. The van der Waals surface area contributed by atoms with Crippen LogP contribution in [0.4, 0.5) is 8.78 Å². The standard InChI is InChI=1S/C9H10BrF2N/c1-2-13-5-7-8(11)3-6(10)4-9(7)12/h3-4,13H,2,5H2,1H3. The van der Waals surface area contributed by atoms with E-state index in [0.717, 1.165) is 0 Å². The van der Waals surface area contributed by atoms with Gasteiger partial charge >= 0.3 is 0 Å². The smallest absolute Gasteiger partial charge is 0.131 e. The van der Waals surface area contributed by atoms with Crippen LogP contribution in [-0.2, 0) is 6.54 Å². The Kier molecular flexibility index (Phi) is 3.81. The van der Waals surface area contributed by atoms with Crippen molar-refractivity contribution < 1.29 is 8.78 Å². The molecule has 0 fully saturated rings. The van der Waals surface area contributed by atoms with Crippen LogP contribution in [-0.4, -0.2) is 6.54 Å². The van der Waals surface area contributed by atoms with Crippen molar-refractivity contribution in [2.45, 2.75) is 13.5 Å². The van der Waals surface area contributed by atoms with Crippen LogP contribution in [0, 0.1) is 11.6 Å². The van der Waals surface area contributed by atoms with E-state index in [9.17, 15) is 8.78 Å². The van der Waals surface area contributed by atoms with Gasteiger partial charge in [-0.2, -0.15) is 0 Å². The first-order valence-electron chi connectivity index (χ1n) is 3.99. The van der Waals surface area contributed by atoms with Crippen molar-refractivity contribution in [1.82, 2.24) is 5.32 Å². The van der Waals surface area contributed by atoms with Crippen molar-refractivity contribution in [3.63, 3.8) is 0 Å². The van der Waals surface area contributed by atoms with E-state index in [1.165, 1.54) is 12.1 Å². The van der Waals surface area contributed by atoms with Gasteiger partial charge < -0.3 is 5.32 Å².